The quantitative estimate of drug-likeness (QED) is 0.595. The van der Waals surface area contributed by atoms with E-state index >= 15 is 0 Å². The van der Waals surface area contributed by atoms with Gasteiger partial charge in [0.15, 0.2) is 6.10 Å². The average Bonchev–Trinajstić information content (AvgIpc) is 2.40. The molecular formula is C14H17BrN2O4S. The lowest BCUT2D eigenvalue weighted by Gasteiger charge is -2.12. The third-order valence-electron chi connectivity index (χ3n) is 2.73. The van der Waals surface area contributed by atoms with Gasteiger partial charge in [0.2, 0.25) is 0 Å². The summed E-state index contributed by atoms with van der Waals surface area (Å²) in [7, 11) is 0. The van der Waals surface area contributed by atoms with Gasteiger partial charge in [-0.2, -0.15) is 0 Å². The molecular weight excluding hydrogens is 372 g/mol. The summed E-state index contributed by atoms with van der Waals surface area (Å²) in [4.78, 5) is 34.6. The largest absolute Gasteiger partial charge is 0.452 e. The Labute approximate surface area is 141 Å². The molecule has 1 atom stereocenters. The molecule has 0 spiro atoms. The van der Waals surface area contributed by atoms with Crippen molar-refractivity contribution < 1.29 is 19.1 Å². The number of hydrogen-bond acceptors (Lipinski definition) is 5. The zero-order chi connectivity index (χ0) is 16.9. The van der Waals surface area contributed by atoms with Gasteiger partial charge in [0.05, 0.1) is 5.75 Å². The van der Waals surface area contributed by atoms with E-state index < -0.39 is 24.0 Å². The van der Waals surface area contributed by atoms with E-state index in [1.807, 2.05) is 31.3 Å². The molecule has 0 aromatic heterocycles. The molecule has 3 N–H and O–H groups in total. The molecule has 0 radical (unpaired) electrons. The Balaban J connectivity index is 2.55. The van der Waals surface area contributed by atoms with Crippen LogP contribution in [0.15, 0.2) is 21.5 Å². The number of rotatable bonds is 5. The number of esters is 1. The molecule has 120 valence electrons. The van der Waals surface area contributed by atoms with Gasteiger partial charge in [-0.25, -0.2) is 4.79 Å². The van der Waals surface area contributed by atoms with Gasteiger partial charge in [-0.15, -0.1) is 11.8 Å². The Hall–Kier alpha value is -1.54. The summed E-state index contributed by atoms with van der Waals surface area (Å²) in [6.45, 7) is 5.28. The molecule has 8 heteroatoms. The minimum Gasteiger partial charge on any atom is -0.452 e. The van der Waals surface area contributed by atoms with E-state index in [4.69, 9.17) is 10.5 Å². The number of halogens is 1. The number of hydrogen-bond donors (Lipinski definition) is 2. The van der Waals surface area contributed by atoms with Gasteiger partial charge >= 0.3 is 12.0 Å². The first-order chi connectivity index (χ1) is 10.2. The van der Waals surface area contributed by atoms with Crippen molar-refractivity contribution in [2.75, 3.05) is 5.75 Å². The van der Waals surface area contributed by atoms with E-state index in [9.17, 15) is 14.4 Å². The highest BCUT2D eigenvalue weighted by atomic mass is 79.9. The van der Waals surface area contributed by atoms with Crippen LogP contribution in [0.25, 0.3) is 0 Å². The van der Waals surface area contributed by atoms with Crippen molar-refractivity contribution in [1.82, 2.24) is 5.32 Å². The Morgan fingerprint density at radius 2 is 1.95 bits per heavy atom. The van der Waals surface area contributed by atoms with Gasteiger partial charge in [0.1, 0.15) is 0 Å². The third-order valence-corrected chi connectivity index (χ3v) is 4.71. The van der Waals surface area contributed by atoms with Crippen LogP contribution in [-0.4, -0.2) is 29.8 Å². The summed E-state index contributed by atoms with van der Waals surface area (Å²) >= 11 is 4.77. The fourth-order valence-electron chi connectivity index (χ4n) is 1.55. The molecule has 1 rings (SSSR count). The van der Waals surface area contributed by atoms with Gasteiger partial charge in [-0.3, -0.25) is 14.9 Å². The van der Waals surface area contributed by atoms with Crippen LogP contribution in [0.4, 0.5) is 4.79 Å². The van der Waals surface area contributed by atoms with Crippen LogP contribution in [0.5, 0.6) is 0 Å². The van der Waals surface area contributed by atoms with E-state index in [1.165, 1.54) is 18.7 Å². The highest BCUT2D eigenvalue weighted by Gasteiger charge is 2.19. The lowest BCUT2D eigenvalue weighted by Crippen LogP contribution is -2.42. The fraction of sp³-hybridized carbons (Fsp3) is 0.357. The number of benzene rings is 1. The molecule has 0 aliphatic carbocycles. The summed E-state index contributed by atoms with van der Waals surface area (Å²) in [6.07, 6.45) is -1.08. The number of nitrogens with two attached hydrogens (primary N) is 1. The van der Waals surface area contributed by atoms with Gasteiger partial charge < -0.3 is 10.5 Å². The summed E-state index contributed by atoms with van der Waals surface area (Å²) in [5.41, 5.74) is 6.92. The van der Waals surface area contributed by atoms with Crippen molar-refractivity contribution in [1.29, 1.82) is 0 Å². The molecule has 0 fully saturated rings. The Bertz CT molecular complexity index is 607. The van der Waals surface area contributed by atoms with Crippen molar-refractivity contribution in [2.24, 2.45) is 5.73 Å². The number of amides is 3. The number of carbonyl (C=O) groups is 3. The highest BCUT2D eigenvalue weighted by Crippen LogP contribution is 2.28. The smallest absolute Gasteiger partial charge is 0.318 e. The predicted molar refractivity (Wildman–Crippen MR) is 87.6 cm³/mol. The van der Waals surface area contributed by atoms with Gasteiger partial charge in [-0.1, -0.05) is 15.9 Å². The van der Waals surface area contributed by atoms with Gasteiger partial charge in [0.25, 0.3) is 5.91 Å². The highest BCUT2D eigenvalue weighted by molar-refractivity contribution is 9.10. The van der Waals surface area contributed by atoms with Crippen LogP contribution in [0, 0.1) is 13.8 Å². The van der Waals surface area contributed by atoms with E-state index in [1.54, 1.807) is 0 Å². The molecule has 0 saturated carbocycles. The number of imide groups is 1. The number of thioether (sulfide) groups is 1. The number of primary amides is 1. The summed E-state index contributed by atoms with van der Waals surface area (Å²) in [5, 5.41) is 1.86. The Morgan fingerprint density at radius 3 is 2.55 bits per heavy atom. The summed E-state index contributed by atoms with van der Waals surface area (Å²) in [6, 6.07) is 2.97. The SMILES string of the molecule is Cc1cc(SCC(=O)OC(C)C(=O)NC(N)=O)c(C)cc1Br. The first kappa shape index (κ1) is 18.5. The van der Waals surface area contributed by atoms with Crippen LogP contribution in [0.3, 0.4) is 0 Å². The van der Waals surface area contributed by atoms with E-state index in [2.05, 4.69) is 15.9 Å². The molecule has 0 heterocycles. The molecule has 3 amide bonds. The zero-order valence-corrected chi connectivity index (χ0v) is 14.8. The molecule has 0 saturated heterocycles. The molecule has 22 heavy (non-hydrogen) atoms. The minimum atomic E-state index is -1.08. The van der Waals surface area contributed by atoms with Crippen LogP contribution in [0.2, 0.25) is 0 Å². The van der Waals surface area contributed by atoms with Crippen molar-refractivity contribution in [3.05, 3.63) is 27.7 Å². The fourth-order valence-corrected chi connectivity index (χ4v) is 2.90. The van der Waals surface area contributed by atoms with Crippen molar-refractivity contribution >= 4 is 45.6 Å². The minimum absolute atomic E-state index is 0.0656. The van der Waals surface area contributed by atoms with E-state index in [-0.39, 0.29) is 5.75 Å². The normalized spacial score (nSPS) is 11.6. The second-order valence-corrected chi connectivity index (χ2v) is 6.51. The second-order valence-electron chi connectivity index (χ2n) is 4.64. The van der Waals surface area contributed by atoms with Gasteiger partial charge in [0, 0.05) is 9.37 Å². The summed E-state index contributed by atoms with van der Waals surface area (Å²) in [5.74, 6) is -1.23. The first-order valence-corrected chi connectivity index (χ1v) is 8.18. The van der Waals surface area contributed by atoms with Crippen LogP contribution in [0.1, 0.15) is 18.1 Å². The maximum Gasteiger partial charge on any atom is 0.318 e. The lowest BCUT2D eigenvalue weighted by atomic mass is 10.2. The van der Waals surface area contributed by atoms with E-state index in [0.717, 1.165) is 20.5 Å². The molecule has 1 aromatic carbocycles. The maximum absolute atomic E-state index is 11.7. The second kappa shape index (κ2) is 8.19. The van der Waals surface area contributed by atoms with Crippen LogP contribution >= 0.6 is 27.7 Å². The summed E-state index contributed by atoms with van der Waals surface area (Å²) < 4.78 is 5.95. The number of carbonyl (C=O) groups excluding carboxylic acids is 3. The molecule has 0 aliphatic heterocycles. The zero-order valence-electron chi connectivity index (χ0n) is 12.4. The molecule has 1 unspecified atom stereocenters. The Kier molecular flexibility index (Phi) is 6.89. The molecule has 1 aromatic rings. The number of ether oxygens (including phenoxy) is 1. The van der Waals surface area contributed by atoms with Crippen LogP contribution < -0.4 is 11.1 Å². The number of nitrogens with one attached hydrogen (secondary N) is 1. The van der Waals surface area contributed by atoms with Crippen molar-refractivity contribution in [2.45, 2.75) is 31.8 Å². The predicted octanol–water partition coefficient (Wildman–Crippen LogP) is 2.28. The van der Waals surface area contributed by atoms with E-state index in [0.29, 0.717) is 0 Å². The monoisotopic (exact) mass is 388 g/mol. The average molecular weight is 389 g/mol. The topological polar surface area (TPSA) is 98.5 Å². The third kappa shape index (κ3) is 5.69. The standard InChI is InChI=1S/C14H17BrN2O4S/c1-7-5-11(8(2)4-10(7)15)22-6-12(18)21-9(3)13(19)17-14(16)20/h4-5,9H,6H2,1-3H3,(H3,16,17,19,20). The number of urea groups is 1. The molecule has 6 nitrogen and oxygen atoms in total. The van der Waals surface area contributed by atoms with Gasteiger partial charge in [-0.05, 0) is 44.0 Å². The Morgan fingerprint density at radius 1 is 1.32 bits per heavy atom. The lowest BCUT2D eigenvalue weighted by molar-refractivity contribution is -0.151. The van der Waals surface area contributed by atoms with Crippen LogP contribution in [-0.2, 0) is 14.3 Å². The van der Waals surface area contributed by atoms with Crippen molar-refractivity contribution in [3.63, 3.8) is 0 Å². The molecule has 0 bridgehead atoms. The number of aryl methyl sites for hydroxylation is 2. The first-order valence-electron chi connectivity index (χ1n) is 6.40. The molecule has 0 aliphatic rings. The van der Waals surface area contributed by atoms with Crippen molar-refractivity contribution in [3.8, 4) is 0 Å². The maximum atomic E-state index is 11.7.